The third-order valence-electron chi connectivity index (χ3n) is 5.93. The van der Waals surface area contributed by atoms with Crippen LogP contribution in [0.4, 0.5) is 0 Å². The van der Waals surface area contributed by atoms with Gasteiger partial charge in [0.2, 0.25) is 5.75 Å². The maximum atomic E-state index is 13.3. The van der Waals surface area contributed by atoms with E-state index < -0.39 is 0 Å². The molecule has 5 rings (SSSR count). The van der Waals surface area contributed by atoms with Gasteiger partial charge < -0.3 is 23.4 Å². The highest BCUT2D eigenvalue weighted by molar-refractivity contribution is 5.92. The third-order valence-corrected chi connectivity index (χ3v) is 5.93. The van der Waals surface area contributed by atoms with Crippen molar-refractivity contribution in [1.82, 2.24) is 0 Å². The predicted molar refractivity (Wildman–Crippen MR) is 143 cm³/mol. The summed E-state index contributed by atoms with van der Waals surface area (Å²) in [4.78, 5) is 13.3. The standard InChI is InChI=1S/C31H26O6/c1-33-28-18-27(36-20-22-11-7-4-8-12-22)29-25(32)17-26(37-31(29)30(28)34-2)23-13-15-24(16-14-23)35-19-21-9-5-3-6-10-21/h3-18H,19-20H2,1-2H3. The highest BCUT2D eigenvalue weighted by atomic mass is 16.5. The lowest BCUT2D eigenvalue weighted by Gasteiger charge is -2.15. The molecule has 0 spiro atoms. The summed E-state index contributed by atoms with van der Waals surface area (Å²) in [6, 6.07) is 30.2. The van der Waals surface area contributed by atoms with Crippen LogP contribution < -0.4 is 24.4 Å². The molecule has 0 aliphatic rings. The lowest BCUT2D eigenvalue weighted by Crippen LogP contribution is -2.06. The molecule has 1 heterocycles. The summed E-state index contributed by atoms with van der Waals surface area (Å²) in [7, 11) is 3.04. The van der Waals surface area contributed by atoms with E-state index in [4.69, 9.17) is 23.4 Å². The van der Waals surface area contributed by atoms with E-state index in [0.717, 1.165) is 16.7 Å². The SMILES string of the molecule is COc1cc(OCc2ccccc2)c2c(=O)cc(-c3ccc(OCc4ccccc4)cc3)oc2c1OC. The van der Waals surface area contributed by atoms with Crippen LogP contribution in [0.1, 0.15) is 11.1 Å². The van der Waals surface area contributed by atoms with Gasteiger partial charge in [-0.1, -0.05) is 60.7 Å². The molecular weight excluding hydrogens is 468 g/mol. The molecule has 4 aromatic carbocycles. The maximum absolute atomic E-state index is 13.3. The van der Waals surface area contributed by atoms with Crippen LogP contribution in [-0.2, 0) is 13.2 Å². The van der Waals surface area contributed by atoms with Crippen LogP contribution in [0.3, 0.4) is 0 Å². The van der Waals surface area contributed by atoms with Gasteiger partial charge in [0, 0.05) is 17.7 Å². The number of hydrogen-bond donors (Lipinski definition) is 0. The van der Waals surface area contributed by atoms with Crippen molar-refractivity contribution >= 4 is 11.0 Å². The molecule has 0 saturated heterocycles. The van der Waals surface area contributed by atoms with Gasteiger partial charge in [-0.15, -0.1) is 0 Å². The Labute approximate surface area is 214 Å². The molecule has 6 nitrogen and oxygen atoms in total. The fraction of sp³-hybridized carbons (Fsp3) is 0.129. The Kier molecular flexibility index (Phi) is 7.08. The van der Waals surface area contributed by atoms with Crippen molar-refractivity contribution in [3.8, 4) is 34.3 Å². The van der Waals surface area contributed by atoms with Crippen molar-refractivity contribution in [2.24, 2.45) is 0 Å². The molecule has 0 saturated carbocycles. The Morgan fingerprint density at radius 2 is 1.30 bits per heavy atom. The summed E-state index contributed by atoms with van der Waals surface area (Å²) in [5.41, 5.74) is 2.80. The molecule has 0 aliphatic heterocycles. The van der Waals surface area contributed by atoms with Gasteiger partial charge in [-0.3, -0.25) is 4.79 Å². The van der Waals surface area contributed by atoms with Gasteiger partial charge in [0.05, 0.1) is 14.2 Å². The fourth-order valence-electron chi connectivity index (χ4n) is 4.05. The van der Waals surface area contributed by atoms with Gasteiger partial charge in [0.15, 0.2) is 16.8 Å². The van der Waals surface area contributed by atoms with E-state index in [1.165, 1.54) is 20.3 Å². The van der Waals surface area contributed by atoms with E-state index in [0.29, 0.717) is 40.8 Å². The molecule has 0 radical (unpaired) electrons. The van der Waals surface area contributed by atoms with Crippen molar-refractivity contribution in [2.45, 2.75) is 13.2 Å². The molecule has 0 N–H and O–H groups in total. The first kappa shape index (κ1) is 24.0. The minimum Gasteiger partial charge on any atom is -0.493 e. The Bertz CT molecular complexity index is 1540. The first-order valence-corrected chi connectivity index (χ1v) is 11.8. The number of rotatable bonds is 9. The normalized spacial score (nSPS) is 10.8. The highest BCUT2D eigenvalue weighted by Gasteiger charge is 2.21. The van der Waals surface area contributed by atoms with Crippen LogP contribution >= 0.6 is 0 Å². The fourth-order valence-corrected chi connectivity index (χ4v) is 4.05. The molecule has 0 unspecified atom stereocenters. The van der Waals surface area contributed by atoms with E-state index in [1.54, 1.807) is 6.07 Å². The Balaban J connectivity index is 1.48. The average Bonchev–Trinajstić information content (AvgIpc) is 2.95. The molecular formula is C31H26O6. The number of benzene rings is 4. The first-order valence-electron chi connectivity index (χ1n) is 11.8. The van der Waals surface area contributed by atoms with Gasteiger partial charge in [-0.25, -0.2) is 0 Å². The summed E-state index contributed by atoms with van der Waals surface area (Å²) in [5, 5.41) is 0.292. The van der Waals surface area contributed by atoms with Gasteiger partial charge in [0.25, 0.3) is 0 Å². The summed E-state index contributed by atoms with van der Waals surface area (Å²) in [6.45, 7) is 0.755. The molecule has 186 valence electrons. The molecule has 0 fully saturated rings. The smallest absolute Gasteiger partial charge is 0.205 e. The van der Waals surface area contributed by atoms with Gasteiger partial charge in [-0.2, -0.15) is 0 Å². The van der Waals surface area contributed by atoms with Crippen molar-refractivity contribution in [3.05, 3.63) is 118 Å². The van der Waals surface area contributed by atoms with Crippen LogP contribution in [0.25, 0.3) is 22.3 Å². The predicted octanol–water partition coefficient (Wildman–Crippen LogP) is 6.64. The second kappa shape index (κ2) is 10.9. The van der Waals surface area contributed by atoms with E-state index in [1.807, 2.05) is 84.9 Å². The van der Waals surface area contributed by atoms with E-state index in [9.17, 15) is 4.79 Å². The molecule has 5 aromatic rings. The second-order valence-corrected chi connectivity index (χ2v) is 8.36. The lowest BCUT2D eigenvalue weighted by molar-refractivity contribution is 0.303. The molecule has 0 bridgehead atoms. The molecule has 0 aliphatic carbocycles. The Morgan fingerprint density at radius 3 is 1.89 bits per heavy atom. The second-order valence-electron chi connectivity index (χ2n) is 8.36. The maximum Gasteiger partial charge on any atom is 0.205 e. The quantitative estimate of drug-likeness (QED) is 0.229. The molecule has 0 atom stereocenters. The molecule has 0 amide bonds. The summed E-state index contributed by atoms with van der Waals surface area (Å²) < 4.78 is 29.2. The minimum absolute atomic E-state index is 0.246. The van der Waals surface area contributed by atoms with Crippen LogP contribution in [0.5, 0.6) is 23.0 Å². The molecule has 1 aromatic heterocycles. The van der Waals surface area contributed by atoms with Crippen molar-refractivity contribution in [2.75, 3.05) is 14.2 Å². The Hall–Kier alpha value is -4.71. The largest absolute Gasteiger partial charge is 0.493 e. The van der Waals surface area contributed by atoms with Crippen molar-refractivity contribution in [1.29, 1.82) is 0 Å². The zero-order chi connectivity index (χ0) is 25.6. The van der Waals surface area contributed by atoms with Crippen molar-refractivity contribution < 1.29 is 23.4 Å². The zero-order valence-corrected chi connectivity index (χ0v) is 20.6. The lowest BCUT2D eigenvalue weighted by atomic mass is 10.1. The first-order chi connectivity index (χ1) is 18.2. The third kappa shape index (κ3) is 5.28. The van der Waals surface area contributed by atoms with Crippen LogP contribution in [0.2, 0.25) is 0 Å². The number of ether oxygens (including phenoxy) is 4. The summed E-state index contributed by atoms with van der Waals surface area (Å²) >= 11 is 0. The minimum atomic E-state index is -0.246. The number of fused-ring (bicyclic) bond motifs is 1. The highest BCUT2D eigenvalue weighted by Crippen LogP contribution is 2.41. The summed E-state index contributed by atoms with van der Waals surface area (Å²) in [5.74, 6) is 2.20. The van der Waals surface area contributed by atoms with Crippen LogP contribution in [0.15, 0.2) is 106 Å². The topological polar surface area (TPSA) is 67.1 Å². The van der Waals surface area contributed by atoms with E-state index in [-0.39, 0.29) is 17.6 Å². The monoisotopic (exact) mass is 494 g/mol. The van der Waals surface area contributed by atoms with E-state index >= 15 is 0 Å². The van der Waals surface area contributed by atoms with E-state index in [2.05, 4.69) is 0 Å². The van der Waals surface area contributed by atoms with Crippen molar-refractivity contribution in [3.63, 3.8) is 0 Å². The molecule has 37 heavy (non-hydrogen) atoms. The Morgan fingerprint density at radius 1 is 0.676 bits per heavy atom. The van der Waals surface area contributed by atoms with Gasteiger partial charge in [-0.05, 0) is 35.4 Å². The van der Waals surface area contributed by atoms with Crippen LogP contribution in [0, 0.1) is 0 Å². The zero-order valence-electron chi connectivity index (χ0n) is 20.6. The number of methoxy groups -OCH3 is 2. The van der Waals surface area contributed by atoms with Crippen LogP contribution in [-0.4, -0.2) is 14.2 Å². The van der Waals surface area contributed by atoms with Gasteiger partial charge >= 0.3 is 0 Å². The summed E-state index contributed by atoms with van der Waals surface area (Å²) in [6.07, 6.45) is 0. The average molecular weight is 495 g/mol. The van der Waals surface area contributed by atoms with Gasteiger partial charge in [0.1, 0.15) is 35.9 Å². The number of hydrogen-bond acceptors (Lipinski definition) is 6. The molecule has 6 heteroatoms.